The van der Waals surface area contributed by atoms with E-state index in [1.165, 1.54) is 19.1 Å². The molecule has 1 aliphatic rings. The van der Waals surface area contributed by atoms with Crippen molar-refractivity contribution in [1.29, 1.82) is 0 Å². The molecule has 0 heterocycles. The van der Waals surface area contributed by atoms with Gasteiger partial charge in [0.1, 0.15) is 5.70 Å². The highest BCUT2D eigenvalue weighted by atomic mass is 32.2. The topological polar surface area (TPSA) is 104 Å². The Morgan fingerprint density at radius 3 is 2.04 bits per heavy atom. The summed E-state index contributed by atoms with van der Waals surface area (Å²) in [5, 5.41) is 9.43. The molecule has 0 aromatic heterocycles. The molecule has 0 amide bonds. The van der Waals surface area contributed by atoms with Crippen molar-refractivity contribution in [3.05, 3.63) is 46.0 Å². The van der Waals surface area contributed by atoms with Gasteiger partial charge in [-0.05, 0) is 19.8 Å². The summed E-state index contributed by atoms with van der Waals surface area (Å²) in [6, 6.07) is 6.24. The highest BCUT2D eigenvalue weighted by Crippen LogP contribution is 2.31. The Morgan fingerprint density at radius 1 is 1.04 bits per heavy atom. The van der Waals surface area contributed by atoms with E-state index in [-0.39, 0.29) is 23.4 Å². The molecule has 8 heteroatoms. The summed E-state index contributed by atoms with van der Waals surface area (Å²) >= 11 is 0. The van der Waals surface area contributed by atoms with Crippen LogP contribution < -0.4 is 4.72 Å². The second-order valence-corrected chi connectivity index (χ2v) is 8.27. The molecule has 0 bridgehead atoms. The van der Waals surface area contributed by atoms with E-state index in [2.05, 4.69) is 4.72 Å². The number of fused-ring (bicyclic) bond motifs is 1. The van der Waals surface area contributed by atoms with E-state index in [4.69, 9.17) is 0 Å². The molecule has 148 valence electrons. The van der Waals surface area contributed by atoms with Gasteiger partial charge in [0.15, 0.2) is 4.91 Å². The first-order valence-corrected chi connectivity index (χ1v) is 10.6. The van der Waals surface area contributed by atoms with E-state index in [0.29, 0.717) is 25.9 Å². The van der Waals surface area contributed by atoms with Gasteiger partial charge in [-0.1, -0.05) is 38.1 Å². The first-order chi connectivity index (χ1) is 12.7. The number of Topliss-reactive ketones (excluding diaryl/α,β-unsaturated/α-hetero) is 2. The maximum absolute atomic E-state index is 13.2. The zero-order valence-corrected chi connectivity index (χ0v) is 16.7. The van der Waals surface area contributed by atoms with Crippen LogP contribution in [0.5, 0.6) is 0 Å². The first-order valence-electron chi connectivity index (χ1n) is 9.09. The minimum atomic E-state index is -4.28. The number of hydrogen-bond acceptors (Lipinski definition) is 6. The molecule has 0 saturated carbocycles. The van der Waals surface area contributed by atoms with E-state index in [1.54, 1.807) is 17.0 Å². The molecule has 1 aromatic carbocycles. The normalized spacial score (nSPS) is 15.7. The number of sulfonamides is 1. The van der Waals surface area contributed by atoms with E-state index in [0.717, 1.165) is 0 Å². The number of rotatable bonds is 9. The third-order valence-electron chi connectivity index (χ3n) is 4.19. The SMILES string of the molecule is CCCN(CCC)C1=C(S(=O)(=O)NCC(C)O)C(=O)c2ccccc2C1=O. The Kier molecular flexibility index (Phi) is 6.91. The van der Waals surface area contributed by atoms with Gasteiger partial charge in [0, 0.05) is 30.8 Å². The molecule has 1 atom stereocenters. The lowest BCUT2D eigenvalue weighted by Gasteiger charge is -2.31. The van der Waals surface area contributed by atoms with Gasteiger partial charge < -0.3 is 10.0 Å². The van der Waals surface area contributed by atoms with Crippen LogP contribution in [-0.4, -0.2) is 55.7 Å². The molecule has 0 radical (unpaired) electrons. The molecule has 0 saturated heterocycles. The Labute approximate surface area is 160 Å². The summed E-state index contributed by atoms with van der Waals surface area (Å²) in [5.41, 5.74) is 0.210. The van der Waals surface area contributed by atoms with Gasteiger partial charge in [0.25, 0.3) is 0 Å². The molecule has 2 rings (SSSR count). The first kappa shape index (κ1) is 21.3. The van der Waals surface area contributed by atoms with Crippen molar-refractivity contribution in [2.24, 2.45) is 0 Å². The van der Waals surface area contributed by atoms with E-state index < -0.39 is 32.6 Å². The van der Waals surface area contributed by atoms with Crippen LogP contribution in [-0.2, 0) is 10.0 Å². The second-order valence-electron chi connectivity index (χ2n) is 6.57. The number of benzene rings is 1. The van der Waals surface area contributed by atoms with Crippen LogP contribution in [0.15, 0.2) is 34.9 Å². The lowest BCUT2D eigenvalue weighted by molar-refractivity contribution is 0.0946. The lowest BCUT2D eigenvalue weighted by atomic mass is 9.91. The van der Waals surface area contributed by atoms with Crippen molar-refractivity contribution in [3.8, 4) is 0 Å². The fourth-order valence-electron chi connectivity index (χ4n) is 3.05. The van der Waals surface area contributed by atoms with Crippen molar-refractivity contribution in [3.63, 3.8) is 0 Å². The lowest BCUT2D eigenvalue weighted by Crippen LogP contribution is -2.41. The summed E-state index contributed by atoms with van der Waals surface area (Å²) < 4.78 is 28.0. The zero-order chi connectivity index (χ0) is 20.2. The highest BCUT2D eigenvalue weighted by molar-refractivity contribution is 7.94. The Morgan fingerprint density at radius 2 is 1.56 bits per heavy atom. The molecule has 2 N–H and O–H groups in total. The number of aliphatic hydroxyl groups excluding tert-OH is 1. The molecular formula is C19H26N2O5S. The number of aliphatic hydroxyl groups is 1. The molecule has 1 aliphatic carbocycles. The molecule has 27 heavy (non-hydrogen) atoms. The third-order valence-corrected chi connectivity index (χ3v) is 5.66. The van der Waals surface area contributed by atoms with Crippen molar-refractivity contribution < 1.29 is 23.1 Å². The van der Waals surface area contributed by atoms with Crippen molar-refractivity contribution in [1.82, 2.24) is 9.62 Å². The minimum absolute atomic E-state index is 0.0802. The maximum atomic E-state index is 13.2. The molecule has 7 nitrogen and oxygen atoms in total. The number of nitrogens with zero attached hydrogens (tertiary/aromatic N) is 1. The number of carbonyl (C=O) groups excluding carboxylic acids is 2. The van der Waals surface area contributed by atoms with Crippen molar-refractivity contribution in [2.45, 2.75) is 39.7 Å². The van der Waals surface area contributed by atoms with Gasteiger partial charge in [-0.3, -0.25) is 9.59 Å². The number of hydrogen-bond donors (Lipinski definition) is 2. The number of allylic oxidation sites excluding steroid dienone is 2. The predicted molar refractivity (Wildman–Crippen MR) is 103 cm³/mol. The van der Waals surface area contributed by atoms with Crippen LogP contribution in [0, 0.1) is 0 Å². The van der Waals surface area contributed by atoms with Crippen LogP contribution >= 0.6 is 0 Å². The maximum Gasteiger partial charge on any atom is 0.246 e. The quantitative estimate of drug-likeness (QED) is 0.661. The molecular weight excluding hydrogens is 368 g/mol. The summed E-state index contributed by atoms with van der Waals surface area (Å²) in [4.78, 5) is 27.4. The monoisotopic (exact) mass is 394 g/mol. The van der Waals surface area contributed by atoms with Crippen LogP contribution in [0.2, 0.25) is 0 Å². The second kappa shape index (κ2) is 8.77. The number of nitrogens with one attached hydrogen (secondary N) is 1. The predicted octanol–water partition coefficient (Wildman–Crippen LogP) is 1.70. The average Bonchev–Trinajstić information content (AvgIpc) is 2.62. The zero-order valence-electron chi connectivity index (χ0n) is 15.9. The standard InChI is InChI=1S/C19H26N2O5S/c1-4-10-21(11-5-2)16-17(23)14-8-6-7-9-15(14)18(24)19(16)27(25,26)20-12-13(3)22/h6-9,13,20,22H,4-5,10-12H2,1-3H3. The summed E-state index contributed by atoms with van der Waals surface area (Å²) in [7, 11) is -4.28. The Bertz CT molecular complexity index is 853. The third kappa shape index (κ3) is 4.45. The molecule has 1 unspecified atom stereocenters. The molecule has 0 aliphatic heterocycles. The largest absolute Gasteiger partial charge is 0.392 e. The van der Waals surface area contributed by atoms with E-state index in [9.17, 15) is 23.1 Å². The van der Waals surface area contributed by atoms with Crippen LogP contribution in [0.1, 0.15) is 54.3 Å². The Hall–Kier alpha value is -2.03. The van der Waals surface area contributed by atoms with Gasteiger partial charge in [-0.15, -0.1) is 0 Å². The van der Waals surface area contributed by atoms with Gasteiger partial charge >= 0.3 is 0 Å². The van der Waals surface area contributed by atoms with Crippen molar-refractivity contribution >= 4 is 21.6 Å². The fourth-order valence-corrected chi connectivity index (χ4v) is 4.49. The van der Waals surface area contributed by atoms with Gasteiger partial charge in [-0.25, -0.2) is 13.1 Å². The number of carbonyl (C=O) groups is 2. The van der Waals surface area contributed by atoms with Crippen molar-refractivity contribution in [2.75, 3.05) is 19.6 Å². The molecule has 0 spiro atoms. The van der Waals surface area contributed by atoms with Gasteiger partial charge in [0.05, 0.1) is 6.10 Å². The molecule has 1 aromatic rings. The smallest absolute Gasteiger partial charge is 0.246 e. The highest BCUT2D eigenvalue weighted by Gasteiger charge is 2.41. The Balaban J connectivity index is 2.69. The van der Waals surface area contributed by atoms with E-state index in [1.807, 2.05) is 13.8 Å². The van der Waals surface area contributed by atoms with Crippen LogP contribution in [0.4, 0.5) is 0 Å². The number of ketones is 2. The fraction of sp³-hybridized carbons (Fsp3) is 0.474. The molecule has 0 fully saturated rings. The van der Waals surface area contributed by atoms with Gasteiger partial charge in [-0.2, -0.15) is 0 Å². The summed E-state index contributed by atoms with van der Waals surface area (Å²) in [6.07, 6.45) is 0.468. The minimum Gasteiger partial charge on any atom is -0.392 e. The summed E-state index contributed by atoms with van der Waals surface area (Å²) in [6.45, 7) is 5.95. The average molecular weight is 394 g/mol. The van der Waals surface area contributed by atoms with E-state index >= 15 is 0 Å². The van der Waals surface area contributed by atoms with Gasteiger partial charge in [0.2, 0.25) is 21.6 Å². The van der Waals surface area contributed by atoms with Crippen LogP contribution in [0.25, 0.3) is 0 Å². The van der Waals surface area contributed by atoms with Crippen LogP contribution in [0.3, 0.4) is 0 Å². The summed E-state index contributed by atoms with van der Waals surface area (Å²) in [5.74, 6) is -1.17.